The molecule has 1 aromatic carbocycles. The highest BCUT2D eigenvalue weighted by atomic mass is 32.1. The quantitative estimate of drug-likeness (QED) is 0.809. The molecule has 0 saturated carbocycles. The Morgan fingerprint density at radius 1 is 1.20 bits per heavy atom. The standard InChI is InChI=1S/C20H29N3OS/c1-3-11-21-20(25)23-17-5-4-6-18(23)13-16(12-17)22-19(24)15-9-7-14(2)8-10-15/h7-10,16-18H,3-6,11-13H2,1-2H3,(H,21,25)(H,22,24)/t16?,17-,18+. The van der Waals surface area contributed by atoms with Crippen molar-refractivity contribution in [3.63, 3.8) is 0 Å². The number of nitrogens with zero attached hydrogens (tertiary/aromatic N) is 1. The molecule has 2 saturated heterocycles. The first kappa shape index (κ1) is 18.2. The van der Waals surface area contributed by atoms with Gasteiger partial charge < -0.3 is 15.5 Å². The Labute approximate surface area is 156 Å². The first-order valence-electron chi connectivity index (χ1n) is 9.52. The van der Waals surface area contributed by atoms with E-state index in [0.29, 0.717) is 12.1 Å². The van der Waals surface area contributed by atoms with Crippen molar-refractivity contribution in [2.24, 2.45) is 0 Å². The molecule has 1 unspecified atom stereocenters. The fourth-order valence-electron chi connectivity index (χ4n) is 4.13. The number of aryl methyl sites for hydroxylation is 1. The van der Waals surface area contributed by atoms with Gasteiger partial charge in [0, 0.05) is 30.2 Å². The van der Waals surface area contributed by atoms with E-state index in [0.717, 1.165) is 36.5 Å². The Bertz CT molecular complexity index is 602. The van der Waals surface area contributed by atoms with Crippen LogP contribution < -0.4 is 10.6 Å². The number of carbonyl (C=O) groups is 1. The highest BCUT2D eigenvalue weighted by Crippen LogP contribution is 2.34. The van der Waals surface area contributed by atoms with Gasteiger partial charge in [0.15, 0.2) is 5.11 Å². The van der Waals surface area contributed by atoms with Crippen LogP contribution >= 0.6 is 12.2 Å². The molecule has 1 amide bonds. The number of carbonyl (C=O) groups excluding carboxylic acids is 1. The molecule has 2 aliphatic rings. The number of rotatable bonds is 4. The smallest absolute Gasteiger partial charge is 0.251 e. The molecular formula is C20H29N3OS. The highest BCUT2D eigenvalue weighted by molar-refractivity contribution is 7.80. The first-order chi connectivity index (χ1) is 12.1. The molecule has 5 heteroatoms. The van der Waals surface area contributed by atoms with Gasteiger partial charge in [0.1, 0.15) is 0 Å². The first-order valence-corrected chi connectivity index (χ1v) is 9.93. The fraction of sp³-hybridized carbons (Fsp3) is 0.600. The maximum Gasteiger partial charge on any atom is 0.251 e. The molecule has 136 valence electrons. The summed E-state index contributed by atoms with van der Waals surface area (Å²) in [6.07, 6.45) is 6.66. The minimum atomic E-state index is 0.0446. The average Bonchev–Trinajstić information content (AvgIpc) is 2.59. The van der Waals surface area contributed by atoms with Crippen LogP contribution in [-0.2, 0) is 0 Å². The summed E-state index contributed by atoms with van der Waals surface area (Å²) in [4.78, 5) is 15.0. The van der Waals surface area contributed by atoms with Crippen LogP contribution in [0.1, 0.15) is 61.4 Å². The van der Waals surface area contributed by atoms with Crippen LogP contribution in [0.5, 0.6) is 0 Å². The summed E-state index contributed by atoms with van der Waals surface area (Å²) in [5, 5.41) is 7.55. The van der Waals surface area contributed by atoms with E-state index in [1.165, 1.54) is 24.8 Å². The van der Waals surface area contributed by atoms with E-state index in [9.17, 15) is 4.79 Å². The minimum absolute atomic E-state index is 0.0446. The monoisotopic (exact) mass is 359 g/mol. The molecule has 2 fully saturated rings. The van der Waals surface area contributed by atoms with E-state index in [-0.39, 0.29) is 11.9 Å². The van der Waals surface area contributed by atoms with Gasteiger partial charge in [0.2, 0.25) is 0 Å². The predicted octanol–water partition coefficient (Wildman–Crippen LogP) is 3.39. The second-order valence-corrected chi connectivity index (χ2v) is 7.77. The Morgan fingerprint density at radius 3 is 2.44 bits per heavy atom. The average molecular weight is 360 g/mol. The van der Waals surface area contributed by atoms with Crippen LogP contribution in [0.15, 0.2) is 24.3 Å². The lowest BCUT2D eigenvalue weighted by Crippen LogP contribution is -2.60. The summed E-state index contributed by atoms with van der Waals surface area (Å²) in [6.45, 7) is 5.12. The van der Waals surface area contributed by atoms with Gasteiger partial charge >= 0.3 is 0 Å². The number of thiocarbonyl (C=S) groups is 1. The molecule has 0 spiro atoms. The van der Waals surface area contributed by atoms with Gasteiger partial charge in [-0.1, -0.05) is 24.6 Å². The van der Waals surface area contributed by atoms with Gasteiger partial charge in [0.05, 0.1) is 0 Å². The molecule has 0 radical (unpaired) electrons. The van der Waals surface area contributed by atoms with E-state index in [4.69, 9.17) is 12.2 Å². The van der Waals surface area contributed by atoms with Crippen LogP contribution in [-0.4, -0.2) is 40.6 Å². The SMILES string of the molecule is CCCNC(=S)N1[C@@H]2CCC[C@H]1CC(NC(=O)c1ccc(C)cc1)C2. The maximum absolute atomic E-state index is 12.5. The third kappa shape index (κ3) is 4.32. The van der Waals surface area contributed by atoms with Crippen LogP contribution in [0, 0.1) is 6.92 Å². The van der Waals surface area contributed by atoms with E-state index >= 15 is 0 Å². The largest absolute Gasteiger partial charge is 0.363 e. The zero-order valence-corrected chi connectivity index (χ0v) is 16.1. The topological polar surface area (TPSA) is 44.4 Å². The summed E-state index contributed by atoms with van der Waals surface area (Å²) in [6, 6.07) is 8.94. The summed E-state index contributed by atoms with van der Waals surface area (Å²) in [5.74, 6) is 0.0446. The van der Waals surface area contributed by atoms with Crippen molar-refractivity contribution in [3.8, 4) is 0 Å². The van der Waals surface area contributed by atoms with Crippen molar-refractivity contribution in [1.82, 2.24) is 15.5 Å². The predicted molar refractivity (Wildman–Crippen MR) is 106 cm³/mol. The van der Waals surface area contributed by atoms with Gasteiger partial charge in [-0.05, 0) is 69.8 Å². The molecule has 25 heavy (non-hydrogen) atoms. The molecule has 4 nitrogen and oxygen atoms in total. The summed E-state index contributed by atoms with van der Waals surface area (Å²) < 4.78 is 0. The third-order valence-electron chi connectivity index (χ3n) is 5.38. The van der Waals surface area contributed by atoms with E-state index in [1.807, 2.05) is 31.2 Å². The van der Waals surface area contributed by atoms with Gasteiger partial charge in [-0.2, -0.15) is 0 Å². The second-order valence-electron chi connectivity index (χ2n) is 7.39. The van der Waals surface area contributed by atoms with Crippen molar-refractivity contribution >= 4 is 23.2 Å². The third-order valence-corrected chi connectivity index (χ3v) is 5.74. The van der Waals surface area contributed by atoms with E-state index in [2.05, 4.69) is 22.5 Å². The summed E-state index contributed by atoms with van der Waals surface area (Å²) in [5.41, 5.74) is 1.92. The highest BCUT2D eigenvalue weighted by Gasteiger charge is 2.39. The van der Waals surface area contributed by atoms with Gasteiger partial charge in [-0.3, -0.25) is 4.79 Å². The zero-order chi connectivity index (χ0) is 17.8. The molecule has 3 rings (SSSR count). The van der Waals surface area contributed by atoms with Crippen LogP contribution in [0.4, 0.5) is 0 Å². The Hall–Kier alpha value is -1.62. The molecule has 0 aliphatic carbocycles. The van der Waals surface area contributed by atoms with Crippen molar-refractivity contribution in [2.45, 2.75) is 70.5 Å². The lowest BCUT2D eigenvalue weighted by molar-refractivity contribution is 0.0740. The number of hydrogen-bond acceptors (Lipinski definition) is 2. The van der Waals surface area contributed by atoms with Crippen LogP contribution in [0.2, 0.25) is 0 Å². The minimum Gasteiger partial charge on any atom is -0.363 e. The molecule has 3 atom stereocenters. The van der Waals surface area contributed by atoms with Crippen molar-refractivity contribution in [1.29, 1.82) is 0 Å². The number of nitrogens with one attached hydrogen (secondary N) is 2. The van der Waals surface area contributed by atoms with Gasteiger partial charge in [0.25, 0.3) is 5.91 Å². The number of benzene rings is 1. The second kappa shape index (κ2) is 8.17. The molecule has 1 aromatic rings. The molecule has 2 bridgehead atoms. The van der Waals surface area contributed by atoms with Crippen molar-refractivity contribution in [2.75, 3.05) is 6.54 Å². The fourth-order valence-corrected chi connectivity index (χ4v) is 4.53. The Morgan fingerprint density at radius 2 is 1.84 bits per heavy atom. The van der Waals surface area contributed by atoms with Crippen LogP contribution in [0.3, 0.4) is 0 Å². The van der Waals surface area contributed by atoms with Gasteiger partial charge in [-0.15, -0.1) is 0 Å². The van der Waals surface area contributed by atoms with Crippen LogP contribution in [0.25, 0.3) is 0 Å². The molecule has 0 aromatic heterocycles. The number of fused-ring (bicyclic) bond motifs is 2. The van der Waals surface area contributed by atoms with E-state index < -0.39 is 0 Å². The zero-order valence-electron chi connectivity index (χ0n) is 15.3. The van der Waals surface area contributed by atoms with Gasteiger partial charge in [-0.25, -0.2) is 0 Å². The number of amides is 1. The lowest BCUT2D eigenvalue weighted by Gasteiger charge is -2.50. The number of piperidine rings is 2. The van der Waals surface area contributed by atoms with E-state index in [1.54, 1.807) is 0 Å². The Balaban J connectivity index is 1.62. The van der Waals surface area contributed by atoms with Crippen molar-refractivity contribution in [3.05, 3.63) is 35.4 Å². The summed E-state index contributed by atoms with van der Waals surface area (Å²) in [7, 11) is 0. The lowest BCUT2D eigenvalue weighted by atomic mass is 9.82. The molecule has 2 heterocycles. The molecule has 2 N–H and O–H groups in total. The molecule has 2 aliphatic heterocycles. The summed E-state index contributed by atoms with van der Waals surface area (Å²) >= 11 is 5.64. The number of hydrogen-bond donors (Lipinski definition) is 2. The Kier molecular flexibility index (Phi) is 5.94. The normalized spacial score (nSPS) is 25.4. The van der Waals surface area contributed by atoms with Crippen molar-refractivity contribution < 1.29 is 4.79 Å². The maximum atomic E-state index is 12.5. The molecular weight excluding hydrogens is 330 g/mol.